The first kappa shape index (κ1) is 25.3. The number of hydrogen-bond acceptors (Lipinski definition) is 5. The fraction of sp³-hybridized carbons (Fsp3) is 0.355. The van der Waals surface area contributed by atoms with Gasteiger partial charge in [-0.05, 0) is 76.9 Å². The van der Waals surface area contributed by atoms with Crippen molar-refractivity contribution in [3.05, 3.63) is 71.8 Å². The number of ether oxygens (including phenoxy) is 2. The zero-order chi connectivity index (χ0) is 25.7. The van der Waals surface area contributed by atoms with E-state index in [9.17, 15) is 4.79 Å². The highest BCUT2D eigenvalue weighted by Crippen LogP contribution is 2.40. The van der Waals surface area contributed by atoms with Gasteiger partial charge in [0.15, 0.2) is 0 Å². The van der Waals surface area contributed by atoms with Gasteiger partial charge in [0.2, 0.25) is 0 Å². The summed E-state index contributed by atoms with van der Waals surface area (Å²) in [5.74, 6) is 0.427. The quantitative estimate of drug-likeness (QED) is 0.276. The Morgan fingerprint density at radius 3 is 2.22 bits per heavy atom. The highest BCUT2D eigenvalue weighted by atomic mass is 16.6. The van der Waals surface area contributed by atoms with E-state index in [-0.39, 0.29) is 24.6 Å². The molecule has 0 aliphatic carbocycles. The standard InChI is InChI=1S/C31H34N2O3/c1-22(34)35-17-18-36-30-14-12-25(24-9-7-23(21-32)8-10-24)19-27(30)26-11-13-29(33-15-5-6-16-33)28(20-26)31(2,3)4/h7-14,19-20H,5-6,15-18H2,1-4H3. The smallest absolute Gasteiger partial charge is 0.302 e. The van der Waals surface area contributed by atoms with Gasteiger partial charge in [-0.2, -0.15) is 5.26 Å². The lowest BCUT2D eigenvalue weighted by Crippen LogP contribution is -2.23. The molecule has 5 heteroatoms. The molecular weight excluding hydrogens is 448 g/mol. The van der Waals surface area contributed by atoms with Crippen LogP contribution in [-0.2, 0) is 14.9 Å². The molecule has 0 atom stereocenters. The minimum atomic E-state index is -0.317. The minimum absolute atomic E-state index is 0.0188. The molecule has 0 N–H and O–H groups in total. The maximum absolute atomic E-state index is 11.2. The second kappa shape index (κ2) is 10.9. The normalized spacial score (nSPS) is 13.4. The van der Waals surface area contributed by atoms with Crippen LogP contribution < -0.4 is 9.64 Å². The molecule has 3 aromatic rings. The molecule has 1 aliphatic heterocycles. The lowest BCUT2D eigenvalue weighted by atomic mass is 9.83. The topological polar surface area (TPSA) is 62.6 Å². The predicted octanol–water partition coefficient (Wildman–Crippen LogP) is 6.73. The van der Waals surface area contributed by atoms with Crippen molar-refractivity contribution in [2.24, 2.45) is 0 Å². The van der Waals surface area contributed by atoms with E-state index in [0.29, 0.717) is 5.56 Å². The molecule has 4 rings (SSSR count). The van der Waals surface area contributed by atoms with Crippen molar-refractivity contribution < 1.29 is 14.3 Å². The number of nitrogens with zero attached hydrogens (tertiary/aromatic N) is 2. The average molecular weight is 483 g/mol. The highest BCUT2D eigenvalue weighted by molar-refractivity contribution is 5.80. The molecule has 36 heavy (non-hydrogen) atoms. The number of hydrogen-bond donors (Lipinski definition) is 0. The van der Waals surface area contributed by atoms with Crippen molar-refractivity contribution in [2.75, 3.05) is 31.2 Å². The average Bonchev–Trinajstić information content (AvgIpc) is 3.41. The fourth-order valence-corrected chi connectivity index (χ4v) is 4.67. The van der Waals surface area contributed by atoms with Crippen molar-refractivity contribution in [1.82, 2.24) is 0 Å². The number of nitriles is 1. The molecule has 1 aliphatic rings. The van der Waals surface area contributed by atoms with Crippen LogP contribution in [0.15, 0.2) is 60.7 Å². The highest BCUT2D eigenvalue weighted by Gasteiger charge is 2.24. The summed E-state index contributed by atoms with van der Waals surface area (Å²) in [4.78, 5) is 13.7. The Kier molecular flexibility index (Phi) is 7.64. The van der Waals surface area contributed by atoms with Crippen LogP contribution in [0.2, 0.25) is 0 Å². The van der Waals surface area contributed by atoms with Gasteiger partial charge in [0.05, 0.1) is 11.6 Å². The maximum Gasteiger partial charge on any atom is 0.302 e. The first-order valence-electron chi connectivity index (χ1n) is 12.6. The molecule has 1 fully saturated rings. The summed E-state index contributed by atoms with van der Waals surface area (Å²) < 4.78 is 11.2. The molecule has 3 aromatic carbocycles. The minimum Gasteiger partial charge on any atom is -0.489 e. The first-order valence-corrected chi connectivity index (χ1v) is 12.6. The Morgan fingerprint density at radius 2 is 1.58 bits per heavy atom. The second-order valence-electron chi connectivity index (χ2n) is 10.3. The van der Waals surface area contributed by atoms with Gasteiger partial charge in [0.25, 0.3) is 0 Å². The third-order valence-corrected chi connectivity index (χ3v) is 6.54. The Balaban J connectivity index is 1.76. The van der Waals surface area contributed by atoms with E-state index in [1.165, 1.54) is 31.0 Å². The molecule has 0 radical (unpaired) electrons. The second-order valence-corrected chi connectivity index (χ2v) is 10.3. The summed E-state index contributed by atoms with van der Waals surface area (Å²) >= 11 is 0. The molecule has 186 valence electrons. The van der Waals surface area contributed by atoms with Gasteiger partial charge in [0, 0.05) is 31.3 Å². The van der Waals surface area contributed by atoms with E-state index in [4.69, 9.17) is 14.7 Å². The fourth-order valence-electron chi connectivity index (χ4n) is 4.67. The van der Waals surface area contributed by atoms with Gasteiger partial charge in [-0.15, -0.1) is 0 Å². The molecular formula is C31H34N2O3. The molecule has 0 bridgehead atoms. The van der Waals surface area contributed by atoms with E-state index in [0.717, 1.165) is 41.1 Å². The number of esters is 1. The van der Waals surface area contributed by atoms with Crippen LogP contribution in [0.1, 0.15) is 51.7 Å². The van der Waals surface area contributed by atoms with E-state index >= 15 is 0 Å². The number of benzene rings is 3. The van der Waals surface area contributed by atoms with E-state index in [1.807, 2.05) is 36.4 Å². The summed E-state index contributed by atoms with van der Waals surface area (Å²) in [7, 11) is 0. The lowest BCUT2D eigenvalue weighted by Gasteiger charge is -2.29. The Morgan fingerprint density at radius 1 is 0.917 bits per heavy atom. The third kappa shape index (κ3) is 5.88. The zero-order valence-corrected chi connectivity index (χ0v) is 21.6. The molecule has 1 heterocycles. The van der Waals surface area contributed by atoms with Crippen molar-refractivity contribution in [1.29, 1.82) is 5.26 Å². The van der Waals surface area contributed by atoms with Gasteiger partial charge in [0.1, 0.15) is 19.0 Å². The maximum atomic E-state index is 11.2. The number of carbonyl (C=O) groups is 1. The summed E-state index contributed by atoms with van der Waals surface area (Å²) in [5, 5.41) is 9.16. The summed E-state index contributed by atoms with van der Waals surface area (Å²) in [5.41, 5.74) is 7.39. The Bertz CT molecular complexity index is 1260. The van der Waals surface area contributed by atoms with Crippen LogP contribution in [0.3, 0.4) is 0 Å². The number of anilines is 1. The molecule has 0 saturated carbocycles. The zero-order valence-electron chi connectivity index (χ0n) is 21.6. The SMILES string of the molecule is CC(=O)OCCOc1ccc(-c2ccc(C#N)cc2)cc1-c1ccc(N2CCCC2)c(C(C)(C)C)c1. The van der Waals surface area contributed by atoms with Gasteiger partial charge >= 0.3 is 5.97 Å². The van der Waals surface area contributed by atoms with E-state index in [1.54, 1.807) is 0 Å². The van der Waals surface area contributed by atoms with Crippen molar-refractivity contribution in [3.63, 3.8) is 0 Å². The van der Waals surface area contributed by atoms with Gasteiger partial charge in [-0.1, -0.05) is 45.0 Å². The lowest BCUT2D eigenvalue weighted by molar-refractivity contribution is -0.141. The van der Waals surface area contributed by atoms with Gasteiger partial charge in [-0.3, -0.25) is 4.79 Å². The molecule has 0 spiro atoms. The Hall–Kier alpha value is -3.78. The van der Waals surface area contributed by atoms with Crippen molar-refractivity contribution in [3.8, 4) is 34.1 Å². The van der Waals surface area contributed by atoms with Crippen LogP contribution in [0, 0.1) is 11.3 Å². The predicted molar refractivity (Wildman–Crippen MR) is 144 cm³/mol. The van der Waals surface area contributed by atoms with E-state index < -0.39 is 0 Å². The summed E-state index contributed by atoms with van der Waals surface area (Å²) in [6, 6.07) is 22.6. The molecule has 1 saturated heterocycles. The third-order valence-electron chi connectivity index (χ3n) is 6.54. The number of carbonyl (C=O) groups excluding carboxylic acids is 1. The largest absolute Gasteiger partial charge is 0.489 e. The van der Waals surface area contributed by atoms with Crippen LogP contribution in [0.25, 0.3) is 22.3 Å². The monoisotopic (exact) mass is 482 g/mol. The molecule has 5 nitrogen and oxygen atoms in total. The van der Waals surface area contributed by atoms with Gasteiger partial charge in [-0.25, -0.2) is 0 Å². The molecule has 0 aromatic heterocycles. The van der Waals surface area contributed by atoms with E-state index in [2.05, 4.69) is 56.0 Å². The van der Waals surface area contributed by atoms with Crippen LogP contribution in [0.5, 0.6) is 5.75 Å². The van der Waals surface area contributed by atoms with Crippen LogP contribution >= 0.6 is 0 Å². The first-order chi connectivity index (χ1) is 17.3. The number of rotatable bonds is 7. The van der Waals surface area contributed by atoms with Gasteiger partial charge < -0.3 is 14.4 Å². The van der Waals surface area contributed by atoms with Crippen LogP contribution in [0.4, 0.5) is 5.69 Å². The molecule has 0 unspecified atom stereocenters. The summed E-state index contributed by atoms with van der Waals surface area (Å²) in [6.45, 7) is 10.9. The summed E-state index contributed by atoms with van der Waals surface area (Å²) in [6.07, 6.45) is 2.47. The van der Waals surface area contributed by atoms with Crippen molar-refractivity contribution >= 4 is 11.7 Å². The van der Waals surface area contributed by atoms with Crippen molar-refractivity contribution in [2.45, 2.75) is 46.0 Å². The van der Waals surface area contributed by atoms with Crippen LogP contribution in [-0.4, -0.2) is 32.3 Å². The Labute approximate surface area is 214 Å². The molecule has 0 amide bonds.